The minimum atomic E-state index is -0.475. The van der Waals surface area contributed by atoms with E-state index in [1.807, 2.05) is 19.0 Å². The molecule has 1 aromatic rings. The third-order valence-electron chi connectivity index (χ3n) is 4.34. The maximum Gasteiger partial charge on any atom is 0.186 e. The summed E-state index contributed by atoms with van der Waals surface area (Å²) >= 11 is 5.97. The minimum absolute atomic E-state index is 0.0527. The number of carbonyl (C=O) groups excluding carboxylic acids is 1. The number of rotatable bonds is 3. The molecule has 2 rings (SSSR count). The largest absolute Gasteiger partial charge is 0.383 e. The molecule has 1 aliphatic rings. The number of likely N-dealkylation sites (N-methyl/N-ethyl adjacent to an activating group) is 1. The van der Waals surface area contributed by atoms with Gasteiger partial charge in [0.15, 0.2) is 5.78 Å². The molecule has 0 amide bonds. The normalized spacial score (nSPS) is 18.8. The van der Waals surface area contributed by atoms with Crippen LogP contribution >= 0.6 is 11.6 Å². The summed E-state index contributed by atoms with van der Waals surface area (Å²) in [6.45, 7) is 0. The fraction of sp³-hybridized carbons (Fsp3) is 0.600. The molecule has 1 fully saturated rings. The van der Waals surface area contributed by atoms with Crippen LogP contribution in [0.2, 0.25) is 5.02 Å². The number of hydrogen-bond acceptors (Lipinski definition) is 4. The Labute approximate surface area is 125 Å². The second-order valence-electron chi connectivity index (χ2n) is 5.76. The van der Waals surface area contributed by atoms with E-state index >= 15 is 0 Å². The zero-order valence-electron chi connectivity index (χ0n) is 12.2. The molecule has 1 aliphatic carbocycles. The van der Waals surface area contributed by atoms with Crippen LogP contribution in [0, 0.1) is 0 Å². The van der Waals surface area contributed by atoms with Crippen molar-refractivity contribution >= 4 is 23.2 Å². The van der Waals surface area contributed by atoms with Gasteiger partial charge in [-0.2, -0.15) is 0 Å². The van der Waals surface area contributed by atoms with Crippen molar-refractivity contribution in [1.29, 1.82) is 0 Å². The first-order chi connectivity index (χ1) is 9.47. The SMILES string of the molecule is CN(C)C1(C(=O)c2cc(Cl)cnc2N)CCCCCC1. The lowest BCUT2D eigenvalue weighted by molar-refractivity contribution is 0.0635. The molecule has 0 saturated heterocycles. The van der Waals surface area contributed by atoms with Crippen molar-refractivity contribution in [2.75, 3.05) is 19.8 Å². The smallest absolute Gasteiger partial charge is 0.186 e. The van der Waals surface area contributed by atoms with Gasteiger partial charge in [0, 0.05) is 6.20 Å². The summed E-state index contributed by atoms with van der Waals surface area (Å²) in [4.78, 5) is 19.1. The lowest BCUT2D eigenvalue weighted by Gasteiger charge is -2.38. The summed E-state index contributed by atoms with van der Waals surface area (Å²) in [6.07, 6.45) is 7.71. The van der Waals surface area contributed by atoms with Crippen LogP contribution in [0.4, 0.5) is 5.82 Å². The highest BCUT2D eigenvalue weighted by molar-refractivity contribution is 6.31. The van der Waals surface area contributed by atoms with Gasteiger partial charge >= 0.3 is 0 Å². The average Bonchev–Trinajstić information content (AvgIpc) is 2.67. The maximum absolute atomic E-state index is 13.1. The molecule has 2 N–H and O–H groups in total. The van der Waals surface area contributed by atoms with Crippen molar-refractivity contribution in [3.05, 3.63) is 22.8 Å². The summed E-state index contributed by atoms with van der Waals surface area (Å²) in [5.41, 5.74) is 5.86. The zero-order chi connectivity index (χ0) is 14.8. The quantitative estimate of drug-likeness (QED) is 0.687. The highest BCUT2D eigenvalue weighted by Crippen LogP contribution is 2.35. The Hall–Kier alpha value is -1.13. The van der Waals surface area contributed by atoms with E-state index in [9.17, 15) is 4.79 Å². The van der Waals surface area contributed by atoms with Crippen molar-refractivity contribution in [3.63, 3.8) is 0 Å². The van der Waals surface area contributed by atoms with Gasteiger partial charge in [-0.1, -0.05) is 37.3 Å². The van der Waals surface area contributed by atoms with E-state index in [0.717, 1.165) is 25.7 Å². The van der Waals surface area contributed by atoms with E-state index in [2.05, 4.69) is 4.98 Å². The van der Waals surface area contributed by atoms with Crippen LogP contribution in [-0.4, -0.2) is 35.3 Å². The highest BCUT2D eigenvalue weighted by atomic mass is 35.5. The van der Waals surface area contributed by atoms with Gasteiger partial charge < -0.3 is 5.73 Å². The van der Waals surface area contributed by atoms with Crippen molar-refractivity contribution < 1.29 is 4.79 Å². The molecule has 20 heavy (non-hydrogen) atoms. The van der Waals surface area contributed by atoms with Crippen molar-refractivity contribution in [2.24, 2.45) is 0 Å². The second-order valence-corrected chi connectivity index (χ2v) is 6.19. The molecule has 0 spiro atoms. The number of ketones is 1. The molecule has 1 saturated carbocycles. The van der Waals surface area contributed by atoms with Gasteiger partial charge in [0.1, 0.15) is 5.82 Å². The molecule has 0 aliphatic heterocycles. The van der Waals surface area contributed by atoms with Gasteiger partial charge in [-0.05, 0) is 33.0 Å². The molecule has 110 valence electrons. The molecule has 0 atom stereocenters. The molecular weight excluding hydrogens is 274 g/mol. The highest BCUT2D eigenvalue weighted by Gasteiger charge is 2.41. The number of nitrogens with two attached hydrogens (primary N) is 1. The third kappa shape index (κ3) is 2.81. The zero-order valence-corrected chi connectivity index (χ0v) is 12.9. The van der Waals surface area contributed by atoms with Gasteiger partial charge in [0.05, 0.1) is 16.1 Å². The van der Waals surface area contributed by atoms with Crippen molar-refractivity contribution in [2.45, 2.75) is 44.1 Å². The predicted octanol–water partition coefficient (Wildman–Crippen LogP) is 3.15. The number of nitrogen functional groups attached to an aromatic ring is 1. The summed E-state index contributed by atoms with van der Waals surface area (Å²) in [6, 6.07) is 1.64. The van der Waals surface area contributed by atoms with Crippen molar-refractivity contribution in [1.82, 2.24) is 9.88 Å². The van der Waals surface area contributed by atoms with E-state index in [-0.39, 0.29) is 11.6 Å². The Bertz CT molecular complexity index is 494. The van der Waals surface area contributed by atoms with Gasteiger partial charge in [-0.15, -0.1) is 0 Å². The number of aromatic nitrogens is 1. The first-order valence-corrected chi connectivity index (χ1v) is 7.48. The second kappa shape index (κ2) is 6.10. The van der Waals surface area contributed by atoms with Crippen LogP contribution < -0.4 is 5.73 Å². The first kappa shape index (κ1) is 15.3. The average molecular weight is 296 g/mol. The summed E-state index contributed by atoms with van der Waals surface area (Å²) in [5, 5.41) is 0.449. The molecule has 4 nitrogen and oxygen atoms in total. The maximum atomic E-state index is 13.1. The molecule has 0 radical (unpaired) electrons. The van der Waals surface area contributed by atoms with Crippen LogP contribution in [0.15, 0.2) is 12.3 Å². The summed E-state index contributed by atoms with van der Waals surface area (Å²) in [5.74, 6) is 0.321. The minimum Gasteiger partial charge on any atom is -0.383 e. The monoisotopic (exact) mass is 295 g/mol. The van der Waals surface area contributed by atoms with Gasteiger partial charge in [0.25, 0.3) is 0 Å². The standard InChI is InChI=1S/C15H22ClN3O/c1-19(2)15(7-5-3-4-6-8-15)13(20)12-9-11(16)10-18-14(12)17/h9-10H,3-8H2,1-2H3,(H2,17,18). The summed E-state index contributed by atoms with van der Waals surface area (Å²) in [7, 11) is 3.94. The predicted molar refractivity (Wildman–Crippen MR) is 82.1 cm³/mol. The molecular formula is C15H22ClN3O. The molecule has 0 bridgehead atoms. The number of pyridine rings is 1. The van der Waals surface area contributed by atoms with E-state index in [4.69, 9.17) is 17.3 Å². The lowest BCUT2D eigenvalue weighted by atomic mass is 9.81. The van der Waals surface area contributed by atoms with E-state index < -0.39 is 5.54 Å². The Morgan fingerprint density at radius 3 is 2.45 bits per heavy atom. The van der Waals surface area contributed by atoms with Crippen LogP contribution in [0.5, 0.6) is 0 Å². The number of anilines is 1. The fourth-order valence-corrected chi connectivity index (χ4v) is 3.23. The van der Waals surface area contributed by atoms with Crippen LogP contribution in [-0.2, 0) is 0 Å². The molecule has 0 aromatic carbocycles. The van der Waals surface area contributed by atoms with E-state index in [1.54, 1.807) is 6.07 Å². The molecule has 5 heteroatoms. The van der Waals surface area contributed by atoms with Gasteiger partial charge in [0.2, 0.25) is 0 Å². The van der Waals surface area contributed by atoms with Gasteiger partial charge in [-0.3, -0.25) is 9.69 Å². The van der Waals surface area contributed by atoms with Crippen LogP contribution in [0.25, 0.3) is 0 Å². The van der Waals surface area contributed by atoms with E-state index in [0.29, 0.717) is 10.6 Å². The number of halogens is 1. The molecule has 1 heterocycles. The van der Waals surface area contributed by atoms with Gasteiger partial charge in [-0.25, -0.2) is 4.98 Å². The van der Waals surface area contributed by atoms with Crippen molar-refractivity contribution in [3.8, 4) is 0 Å². The Balaban J connectivity index is 2.43. The number of nitrogens with zero attached hydrogens (tertiary/aromatic N) is 2. The Morgan fingerprint density at radius 2 is 1.90 bits per heavy atom. The van der Waals surface area contributed by atoms with Crippen LogP contribution in [0.3, 0.4) is 0 Å². The third-order valence-corrected chi connectivity index (χ3v) is 4.55. The number of Topliss-reactive ketones (excluding diaryl/α,β-unsaturated/α-hetero) is 1. The van der Waals surface area contributed by atoms with E-state index in [1.165, 1.54) is 19.0 Å². The molecule has 1 aromatic heterocycles. The number of carbonyl (C=O) groups is 1. The lowest BCUT2D eigenvalue weighted by Crippen LogP contribution is -2.51. The number of hydrogen-bond donors (Lipinski definition) is 1. The van der Waals surface area contributed by atoms with Crippen LogP contribution in [0.1, 0.15) is 48.9 Å². The molecule has 0 unspecified atom stereocenters. The first-order valence-electron chi connectivity index (χ1n) is 7.10. The topological polar surface area (TPSA) is 59.2 Å². The Kier molecular flexibility index (Phi) is 4.66. The fourth-order valence-electron chi connectivity index (χ4n) is 3.07. The Morgan fingerprint density at radius 1 is 1.30 bits per heavy atom. The summed E-state index contributed by atoms with van der Waals surface area (Å²) < 4.78 is 0.